The average Bonchev–Trinajstić information content (AvgIpc) is 2.33. The van der Waals surface area contributed by atoms with Gasteiger partial charge in [-0.15, -0.1) is 0 Å². The summed E-state index contributed by atoms with van der Waals surface area (Å²) in [5, 5.41) is 3.50. The van der Waals surface area contributed by atoms with Crippen molar-refractivity contribution in [1.82, 2.24) is 5.32 Å². The van der Waals surface area contributed by atoms with E-state index < -0.39 is 0 Å². The van der Waals surface area contributed by atoms with Gasteiger partial charge in [-0.2, -0.15) is 0 Å². The van der Waals surface area contributed by atoms with Crippen LogP contribution in [0.15, 0.2) is 12.2 Å². The molecular formula is C16H31N. The van der Waals surface area contributed by atoms with E-state index in [4.69, 9.17) is 0 Å². The van der Waals surface area contributed by atoms with Gasteiger partial charge < -0.3 is 5.32 Å². The minimum atomic E-state index is 0.766. The first-order valence-corrected chi connectivity index (χ1v) is 7.61. The fourth-order valence-electron chi connectivity index (χ4n) is 2.84. The Labute approximate surface area is 108 Å². The Bertz CT molecular complexity index is 208. The van der Waals surface area contributed by atoms with Gasteiger partial charge in [0.25, 0.3) is 0 Å². The maximum Gasteiger partial charge on any atom is -0.00142 e. The molecule has 17 heavy (non-hydrogen) atoms. The van der Waals surface area contributed by atoms with E-state index in [2.05, 4.69) is 38.2 Å². The molecule has 1 N–H and O–H groups in total. The Balaban J connectivity index is 2.13. The van der Waals surface area contributed by atoms with Crippen LogP contribution in [0, 0.1) is 17.8 Å². The lowest BCUT2D eigenvalue weighted by Crippen LogP contribution is -2.20. The quantitative estimate of drug-likeness (QED) is 0.511. The van der Waals surface area contributed by atoms with Crippen LogP contribution in [0.5, 0.6) is 0 Å². The number of hydrogen-bond acceptors (Lipinski definition) is 1. The highest BCUT2D eigenvalue weighted by Crippen LogP contribution is 2.32. The van der Waals surface area contributed by atoms with Gasteiger partial charge in [0.2, 0.25) is 0 Å². The molecule has 0 heterocycles. The van der Waals surface area contributed by atoms with Crippen LogP contribution in [0.1, 0.15) is 59.3 Å². The highest BCUT2D eigenvalue weighted by atomic mass is 14.8. The Hall–Kier alpha value is -0.300. The zero-order valence-electron chi connectivity index (χ0n) is 12.0. The summed E-state index contributed by atoms with van der Waals surface area (Å²) in [6.07, 6.45) is 13.2. The van der Waals surface area contributed by atoms with Crippen molar-refractivity contribution in [3.8, 4) is 0 Å². The van der Waals surface area contributed by atoms with E-state index in [-0.39, 0.29) is 0 Å². The standard InChI is InChI=1S/C16H31N/c1-4-15-9-5-6-10-16(15)11-7-8-12-17-13-14(2)3/h7,11,14-17H,4-6,8-10,12-13H2,1-3H3/b11-7+. The van der Waals surface area contributed by atoms with Gasteiger partial charge in [0.1, 0.15) is 0 Å². The molecular weight excluding hydrogens is 206 g/mol. The van der Waals surface area contributed by atoms with Crippen molar-refractivity contribution in [2.24, 2.45) is 17.8 Å². The van der Waals surface area contributed by atoms with E-state index in [9.17, 15) is 0 Å². The second kappa shape index (κ2) is 8.74. The van der Waals surface area contributed by atoms with Gasteiger partial charge in [0.15, 0.2) is 0 Å². The zero-order chi connectivity index (χ0) is 12.5. The van der Waals surface area contributed by atoms with E-state index >= 15 is 0 Å². The summed E-state index contributed by atoms with van der Waals surface area (Å²) in [6.45, 7) is 9.15. The summed E-state index contributed by atoms with van der Waals surface area (Å²) in [5.74, 6) is 2.60. The van der Waals surface area contributed by atoms with Gasteiger partial charge in [-0.3, -0.25) is 0 Å². The summed E-state index contributed by atoms with van der Waals surface area (Å²) in [4.78, 5) is 0. The van der Waals surface area contributed by atoms with E-state index in [1.165, 1.54) is 38.5 Å². The van der Waals surface area contributed by atoms with Gasteiger partial charge in [0.05, 0.1) is 0 Å². The fourth-order valence-corrected chi connectivity index (χ4v) is 2.84. The molecule has 0 aromatic heterocycles. The monoisotopic (exact) mass is 237 g/mol. The molecule has 1 rings (SSSR count). The average molecular weight is 237 g/mol. The second-order valence-electron chi connectivity index (χ2n) is 5.93. The first-order valence-electron chi connectivity index (χ1n) is 7.61. The summed E-state index contributed by atoms with van der Waals surface area (Å²) >= 11 is 0. The van der Waals surface area contributed by atoms with Crippen molar-refractivity contribution >= 4 is 0 Å². The lowest BCUT2D eigenvalue weighted by molar-refractivity contribution is 0.276. The molecule has 0 amide bonds. The van der Waals surface area contributed by atoms with Crippen LogP contribution in [-0.4, -0.2) is 13.1 Å². The number of rotatable bonds is 7. The van der Waals surface area contributed by atoms with Crippen molar-refractivity contribution in [2.75, 3.05) is 13.1 Å². The molecule has 0 saturated heterocycles. The van der Waals surface area contributed by atoms with Crippen LogP contribution >= 0.6 is 0 Å². The van der Waals surface area contributed by atoms with Gasteiger partial charge in [-0.05, 0) is 50.1 Å². The fraction of sp³-hybridized carbons (Fsp3) is 0.875. The highest BCUT2D eigenvalue weighted by Gasteiger charge is 2.20. The number of allylic oxidation sites excluding steroid dienone is 1. The third-order valence-electron chi connectivity index (χ3n) is 3.92. The molecule has 2 unspecified atom stereocenters. The van der Waals surface area contributed by atoms with Crippen LogP contribution < -0.4 is 5.32 Å². The molecule has 100 valence electrons. The zero-order valence-corrected chi connectivity index (χ0v) is 12.0. The third kappa shape index (κ3) is 6.26. The predicted molar refractivity (Wildman–Crippen MR) is 77.2 cm³/mol. The van der Waals surface area contributed by atoms with Crippen LogP contribution in [0.4, 0.5) is 0 Å². The molecule has 1 fully saturated rings. The molecule has 1 saturated carbocycles. The van der Waals surface area contributed by atoms with Crippen molar-refractivity contribution < 1.29 is 0 Å². The lowest BCUT2D eigenvalue weighted by Gasteiger charge is -2.28. The molecule has 0 aliphatic heterocycles. The third-order valence-corrected chi connectivity index (χ3v) is 3.92. The maximum absolute atomic E-state index is 3.50. The molecule has 1 aliphatic carbocycles. The maximum atomic E-state index is 3.50. The minimum absolute atomic E-state index is 0.766. The summed E-state index contributed by atoms with van der Waals surface area (Å²) in [5.41, 5.74) is 0. The van der Waals surface area contributed by atoms with Gasteiger partial charge in [-0.1, -0.05) is 52.2 Å². The number of nitrogens with one attached hydrogen (secondary N) is 1. The van der Waals surface area contributed by atoms with Crippen LogP contribution in [0.2, 0.25) is 0 Å². The molecule has 0 bridgehead atoms. The van der Waals surface area contributed by atoms with Crippen molar-refractivity contribution in [3.63, 3.8) is 0 Å². The molecule has 1 aliphatic rings. The lowest BCUT2D eigenvalue weighted by atomic mass is 9.77. The van der Waals surface area contributed by atoms with Crippen LogP contribution in [-0.2, 0) is 0 Å². The Morgan fingerprint density at radius 2 is 2.00 bits per heavy atom. The molecule has 0 radical (unpaired) electrons. The summed E-state index contributed by atoms with van der Waals surface area (Å²) in [6, 6.07) is 0. The van der Waals surface area contributed by atoms with E-state index in [0.29, 0.717) is 0 Å². The van der Waals surface area contributed by atoms with Crippen molar-refractivity contribution in [3.05, 3.63) is 12.2 Å². The first-order chi connectivity index (χ1) is 8.24. The Kier molecular flexibility index (Phi) is 7.59. The highest BCUT2D eigenvalue weighted by molar-refractivity contribution is 4.93. The van der Waals surface area contributed by atoms with E-state index in [0.717, 1.165) is 30.8 Å². The summed E-state index contributed by atoms with van der Waals surface area (Å²) < 4.78 is 0. The van der Waals surface area contributed by atoms with Crippen LogP contribution in [0.25, 0.3) is 0 Å². The topological polar surface area (TPSA) is 12.0 Å². The van der Waals surface area contributed by atoms with Crippen LogP contribution in [0.3, 0.4) is 0 Å². The van der Waals surface area contributed by atoms with Gasteiger partial charge in [-0.25, -0.2) is 0 Å². The van der Waals surface area contributed by atoms with E-state index in [1.54, 1.807) is 0 Å². The molecule has 0 aromatic rings. The normalized spacial score (nSPS) is 25.9. The predicted octanol–water partition coefficient (Wildman–Crippen LogP) is 4.39. The Morgan fingerprint density at radius 3 is 2.71 bits per heavy atom. The first kappa shape index (κ1) is 14.8. The Morgan fingerprint density at radius 1 is 1.24 bits per heavy atom. The van der Waals surface area contributed by atoms with Crippen molar-refractivity contribution in [1.29, 1.82) is 0 Å². The largest absolute Gasteiger partial charge is 0.316 e. The molecule has 1 nitrogen and oxygen atoms in total. The van der Waals surface area contributed by atoms with Crippen molar-refractivity contribution in [2.45, 2.75) is 59.3 Å². The SMILES string of the molecule is CCC1CCCCC1/C=C/CCNCC(C)C. The van der Waals surface area contributed by atoms with E-state index in [1.807, 2.05) is 0 Å². The molecule has 1 heteroatoms. The second-order valence-corrected chi connectivity index (χ2v) is 5.93. The minimum Gasteiger partial charge on any atom is -0.316 e. The summed E-state index contributed by atoms with van der Waals surface area (Å²) in [7, 11) is 0. The smallest absolute Gasteiger partial charge is 0.00142 e. The number of hydrogen-bond donors (Lipinski definition) is 1. The molecule has 0 aromatic carbocycles. The van der Waals surface area contributed by atoms with Gasteiger partial charge in [0, 0.05) is 0 Å². The molecule has 0 spiro atoms. The molecule has 2 atom stereocenters. The van der Waals surface area contributed by atoms with Gasteiger partial charge >= 0.3 is 0 Å².